The second kappa shape index (κ2) is 7.36. The van der Waals surface area contributed by atoms with Crippen molar-refractivity contribution in [3.8, 4) is 5.69 Å². The van der Waals surface area contributed by atoms with Gasteiger partial charge in [-0.25, -0.2) is 4.68 Å². The van der Waals surface area contributed by atoms with E-state index in [1.807, 2.05) is 10.7 Å². The van der Waals surface area contributed by atoms with Gasteiger partial charge >= 0.3 is 0 Å². The molecule has 156 valence electrons. The molecule has 1 spiro atoms. The van der Waals surface area contributed by atoms with Gasteiger partial charge in [-0.15, -0.1) is 0 Å². The van der Waals surface area contributed by atoms with Gasteiger partial charge in [0.15, 0.2) is 0 Å². The molecule has 0 unspecified atom stereocenters. The largest absolute Gasteiger partial charge is 0.365 e. The van der Waals surface area contributed by atoms with Crippen LogP contribution in [0.3, 0.4) is 0 Å². The minimum absolute atomic E-state index is 0.0138. The molecule has 5 rings (SSSR count). The van der Waals surface area contributed by atoms with Gasteiger partial charge in [0.2, 0.25) is 0 Å². The Balaban J connectivity index is 1.35. The van der Waals surface area contributed by atoms with Crippen LogP contribution in [-0.4, -0.2) is 27.8 Å². The molecular weight excluding hydrogens is 370 g/mol. The number of hydrogen-bond acceptors (Lipinski definition) is 3. The lowest BCUT2D eigenvalue weighted by Gasteiger charge is -2.39. The van der Waals surface area contributed by atoms with E-state index < -0.39 is 0 Å². The maximum Gasteiger partial charge on any atom is 0.0963 e. The van der Waals surface area contributed by atoms with E-state index in [-0.39, 0.29) is 11.0 Å². The van der Waals surface area contributed by atoms with Crippen molar-refractivity contribution in [3.63, 3.8) is 0 Å². The van der Waals surface area contributed by atoms with E-state index in [0.717, 1.165) is 44.8 Å². The average Bonchev–Trinajstić information content (AvgIpc) is 3.33. The summed E-state index contributed by atoms with van der Waals surface area (Å²) < 4.78 is 8.39. The zero-order chi connectivity index (χ0) is 20.8. The first-order chi connectivity index (χ1) is 14.4. The fourth-order valence-electron chi connectivity index (χ4n) is 4.98. The molecule has 3 aromatic rings. The third-order valence-corrected chi connectivity index (χ3v) is 6.59. The van der Waals surface area contributed by atoms with Crippen LogP contribution in [0.2, 0.25) is 0 Å². The van der Waals surface area contributed by atoms with Crippen LogP contribution in [0.1, 0.15) is 56.0 Å². The maximum atomic E-state index is 6.35. The van der Waals surface area contributed by atoms with Crippen molar-refractivity contribution in [2.24, 2.45) is 0 Å². The standard InChI is InChI=1S/C26H31N3O/c1-25(2,3)24-21(18-29(27-24)22-10-5-4-6-11-22)17-28-15-13-26(14-16-28)23-12-8-7-9-20(23)19-30-26/h4-12,18H,13-17,19H2,1-3H3. The summed E-state index contributed by atoms with van der Waals surface area (Å²) in [5, 5.41) is 4.98. The molecule has 2 aromatic carbocycles. The van der Waals surface area contributed by atoms with Gasteiger partial charge in [-0.2, -0.15) is 5.10 Å². The summed E-state index contributed by atoms with van der Waals surface area (Å²) in [5.41, 5.74) is 6.35. The van der Waals surface area contributed by atoms with Crippen LogP contribution < -0.4 is 0 Å². The fraction of sp³-hybridized carbons (Fsp3) is 0.423. The van der Waals surface area contributed by atoms with Crippen LogP contribution >= 0.6 is 0 Å². The first-order valence-electron chi connectivity index (χ1n) is 11.0. The van der Waals surface area contributed by atoms with Crippen molar-refractivity contribution in [1.82, 2.24) is 14.7 Å². The number of piperidine rings is 1. The molecule has 0 bridgehead atoms. The zero-order valence-corrected chi connectivity index (χ0v) is 18.3. The van der Waals surface area contributed by atoms with Gasteiger partial charge in [-0.05, 0) is 36.1 Å². The van der Waals surface area contributed by atoms with Crippen molar-refractivity contribution in [2.75, 3.05) is 13.1 Å². The highest BCUT2D eigenvalue weighted by Gasteiger charge is 2.42. The van der Waals surface area contributed by atoms with Crippen molar-refractivity contribution in [3.05, 3.63) is 83.2 Å². The van der Waals surface area contributed by atoms with Gasteiger partial charge in [0.1, 0.15) is 0 Å². The number of ether oxygens (including phenoxy) is 1. The Morgan fingerprint density at radius 3 is 2.40 bits per heavy atom. The van der Waals surface area contributed by atoms with Gasteiger partial charge in [-0.1, -0.05) is 63.2 Å². The van der Waals surface area contributed by atoms with Crippen LogP contribution in [0.25, 0.3) is 5.69 Å². The second-order valence-electron chi connectivity index (χ2n) is 9.75. The third kappa shape index (κ3) is 3.48. The van der Waals surface area contributed by atoms with Crippen LogP contribution in [0.5, 0.6) is 0 Å². The molecule has 0 amide bonds. The summed E-state index contributed by atoms with van der Waals surface area (Å²) in [6.45, 7) is 10.6. The number of hydrogen-bond donors (Lipinski definition) is 0. The SMILES string of the molecule is CC(C)(C)c1nn(-c2ccccc2)cc1CN1CCC2(CC1)OCc1ccccc12. The highest BCUT2D eigenvalue weighted by molar-refractivity contribution is 5.37. The Morgan fingerprint density at radius 1 is 0.967 bits per heavy atom. The third-order valence-electron chi connectivity index (χ3n) is 6.59. The summed E-state index contributed by atoms with van der Waals surface area (Å²) in [6.07, 6.45) is 4.34. The molecule has 0 atom stereocenters. The molecule has 2 aliphatic heterocycles. The lowest BCUT2D eigenvalue weighted by atomic mass is 9.83. The summed E-state index contributed by atoms with van der Waals surface area (Å²) >= 11 is 0. The normalized spacial score (nSPS) is 18.6. The monoisotopic (exact) mass is 401 g/mol. The highest BCUT2D eigenvalue weighted by Crippen LogP contribution is 2.44. The minimum Gasteiger partial charge on any atom is -0.365 e. The van der Waals surface area contributed by atoms with Crippen molar-refractivity contribution >= 4 is 0 Å². The van der Waals surface area contributed by atoms with Crippen molar-refractivity contribution in [2.45, 2.75) is 57.8 Å². The number of benzene rings is 2. The average molecular weight is 402 g/mol. The number of aromatic nitrogens is 2. The van der Waals surface area contributed by atoms with Gasteiger partial charge in [0.25, 0.3) is 0 Å². The summed E-state index contributed by atoms with van der Waals surface area (Å²) in [6, 6.07) is 19.2. The molecule has 2 aliphatic rings. The maximum absolute atomic E-state index is 6.35. The molecule has 4 nitrogen and oxygen atoms in total. The van der Waals surface area contributed by atoms with Crippen molar-refractivity contribution in [1.29, 1.82) is 0 Å². The van der Waals surface area contributed by atoms with Crippen LogP contribution in [-0.2, 0) is 28.9 Å². The van der Waals surface area contributed by atoms with Gasteiger partial charge in [0.05, 0.1) is 23.6 Å². The van der Waals surface area contributed by atoms with E-state index in [2.05, 4.69) is 80.4 Å². The number of rotatable bonds is 3. The summed E-state index contributed by atoms with van der Waals surface area (Å²) in [7, 11) is 0. The second-order valence-corrected chi connectivity index (χ2v) is 9.75. The molecule has 4 heteroatoms. The summed E-state index contributed by atoms with van der Waals surface area (Å²) in [5.74, 6) is 0. The molecule has 3 heterocycles. The lowest BCUT2D eigenvalue weighted by Crippen LogP contribution is -2.42. The molecule has 1 aromatic heterocycles. The number of nitrogens with zero attached hydrogens (tertiary/aromatic N) is 3. The molecule has 0 N–H and O–H groups in total. The van der Waals surface area contributed by atoms with E-state index in [4.69, 9.17) is 9.84 Å². The molecule has 0 aliphatic carbocycles. The van der Waals surface area contributed by atoms with E-state index in [0.29, 0.717) is 0 Å². The Bertz CT molecular complexity index is 1020. The zero-order valence-electron chi connectivity index (χ0n) is 18.3. The van der Waals surface area contributed by atoms with E-state index >= 15 is 0 Å². The van der Waals surface area contributed by atoms with Gasteiger partial charge < -0.3 is 4.74 Å². The van der Waals surface area contributed by atoms with Crippen LogP contribution in [0, 0.1) is 0 Å². The molecule has 1 saturated heterocycles. The predicted molar refractivity (Wildman–Crippen MR) is 120 cm³/mol. The topological polar surface area (TPSA) is 30.3 Å². The molecule has 0 radical (unpaired) electrons. The molecule has 0 saturated carbocycles. The fourth-order valence-corrected chi connectivity index (χ4v) is 4.98. The number of para-hydroxylation sites is 1. The lowest BCUT2D eigenvalue weighted by molar-refractivity contribution is -0.0799. The van der Waals surface area contributed by atoms with Crippen LogP contribution in [0.4, 0.5) is 0 Å². The first kappa shape index (κ1) is 19.5. The molecular formula is C26H31N3O. The van der Waals surface area contributed by atoms with Gasteiger partial charge in [0, 0.05) is 36.8 Å². The van der Waals surface area contributed by atoms with E-state index in [1.165, 1.54) is 22.4 Å². The first-order valence-corrected chi connectivity index (χ1v) is 11.0. The van der Waals surface area contributed by atoms with E-state index in [9.17, 15) is 0 Å². The Hall–Kier alpha value is -2.43. The van der Waals surface area contributed by atoms with E-state index in [1.54, 1.807) is 0 Å². The van der Waals surface area contributed by atoms with Crippen molar-refractivity contribution < 1.29 is 4.74 Å². The highest BCUT2D eigenvalue weighted by atomic mass is 16.5. The van der Waals surface area contributed by atoms with Gasteiger partial charge in [-0.3, -0.25) is 4.90 Å². The number of fused-ring (bicyclic) bond motifs is 2. The summed E-state index contributed by atoms with van der Waals surface area (Å²) in [4.78, 5) is 2.57. The number of likely N-dealkylation sites (tertiary alicyclic amines) is 1. The Kier molecular flexibility index (Phi) is 4.79. The van der Waals surface area contributed by atoms with Crippen LogP contribution in [0.15, 0.2) is 60.8 Å². The quantitative estimate of drug-likeness (QED) is 0.605. The minimum atomic E-state index is -0.0752. The molecule has 30 heavy (non-hydrogen) atoms. The molecule has 1 fully saturated rings. The predicted octanol–water partition coefficient (Wildman–Crippen LogP) is 5.19. The Labute approximate surface area is 179 Å². The Morgan fingerprint density at radius 2 is 1.67 bits per heavy atom. The smallest absolute Gasteiger partial charge is 0.0963 e.